The van der Waals surface area contributed by atoms with E-state index in [1.807, 2.05) is 0 Å². The first-order valence-electron chi connectivity index (χ1n) is 8.41. The van der Waals surface area contributed by atoms with Gasteiger partial charge in [0.05, 0.1) is 0 Å². The van der Waals surface area contributed by atoms with E-state index in [0.29, 0.717) is 5.92 Å². The minimum Gasteiger partial charge on any atom is -0.0807 e. The Morgan fingerprint density at radius 2 is 1.35 bits per heavy atom. The molecular weight excluding hydrogens is 276 g/mol. The van der Waals surface area contributed by atoms with E-state index in [1.54, 1.807) is 0 Å². The lowest BCUT2D eigenvalue weighted by atomic mass is 9.62. The molecular formula is C23H24. The molecule has 0 aliphatic heterocycles. The molecule has 0 saturated carbocycles. The van der Waals surface area contributed by atoms with Gasteiger partial charge in [0.2, 0.25) is 0 Å². The molecule has 2 aromatic carbocycles. The minimum absolute atomic E-state index is 0.120. The van der Waals surface area contributed by atoms with Gasteiger partial charge in [0, 0.05) is 5.41 Å². The molecule has 116 valence electrons. The Kier molecular flexibility index (Phi) is 4.62. The molecule has 0 unspecified atom stereocenters. The molecule has 3 rings (SSSR count). The van der Waals surface area contributed by atoms with E-state index in [-0.39, 0.29) is 5.41 Å². The molecule has 0 amide bonds. The normalized spacial score (nSPS) is 14.7. The molecule has 0 aromatic heterocycles. The van der Waals surface area contributed by atoms with Gasteiger partial charge in [0.25, 0.3) is 0 Å². The molecule has 1 aliphatic carbocycles. The van der Waals surface area contributed by atoms with E-state index in [9.17, 15) is 0 Å². The van der Waals surface area contributed by atoms with Crippen LogP contribution in [0.1, 0.15) is 31.4 Å². The fourth-order valence-corrected chi connectivity index (χ4v) is 3.77. The molecule has 0 nitrogen and oxygen atoms in total. The third-order valence-electron chi connectivity index (χ3n) is 4.78. The van der Waals surface area contributed by atoms with Crippen molar-refractivity contribution >= 4 is 0 Å². The van der Waals surface area contributed by atoms with Crippen molar-refractivity contribution in [2.75, 3.05) is 0 Å². The Labute approximate surface area is 139 Å². The first kappa shape index (κ1) is 15.6. The summed E-state index contributed by atoms with van der Waals surface area (Å²) >= 11 is 0. The smallest absolute Gasteiger partial charge is 0.0471 e. The molecule has 0 spiro atoms. The fraction of sp³-hybridized carbons (Fsp3) is 0.217. The van der Waals surface area contributed by atoms with E-state index in [0.717, 1.165) is 6.42 Å². The Balaban J connectivity index is 2.30. The quantitative estimate of drug-likeness (QED) is 0.642. The zero-order chi connectivity index (χ0) is 16.1. The van der Waals surface area contributed by atoms with E-state index >= 15 is 0 Å². The van der Waals surface area contributed by atoms with Gasteiger partial charge in [-0.2, -0.15) is 0 Å². The van der Waals surface area contributed by atoms with Crippen molar-refractivity contribution in [1.82, 2.24) is 0 Å². The highest BCUT2D eigenvalue weighted by molar-refractivity contribution is 5.53. The zero-order valence-corrected chi connectivity index (χ0v) is 13.9. The highest BCUT2D eigenvalue weighted by atomic mass is 14.4. The highest BCUT2D eigenvalue weighted by Gasteiger charge is 2.39. The van der Waals surface area contributed by atoms with Crippen molar-refractivity contribution < 1.29 is 0 Å². The summed E-state index contributed by atoms with van der Waals surface area (Å²) in [4.78, 5) is 0. The van der Waals surface area contributed by atoms with Crippen LogP contribution >= 0.6 is 0 Å². The first-order chi connectivity index (χ1) is 11.3. The van der Waals surface area contributed by atoms with Crippen molar-refractivity contribution in [1.29, 1.82) is 0 Å². The molecule has 23 heavy (non-hydrogen) atoms. The Bertz CT molecular complexity index is 676. The van der Waals surface area contributed by atoms with Gasteiger partial charge in [-0.1, -0.05) is 105 Å². The zero-order valence-electron chi connectivity index (χ0n) is 13.9. The van der Waals surface area contributed by atoms with Crippen LogP contribution in [-0.2, 0) is 5.41 Å². The third kappa shape index (κ3) is 2.82. The SMILES string of the molecule is CC(C)C(C1=CCC=CC=C1)(c1ccccc1)c1ccccc1. The number of benzene rings is 2. The fourth-order valence-electron chi connectivity index (χ4n) is 3.77. The van der Waals surface area contributed by atoms with Crippen LogP contribution in [-0.4, -0.2) is 0 Å². The second-order valence-corrected chi connectivity index (χ2v) is 6.38. The molecule has 0 radical (unpaired) electrons. The monoisotopic (exact) mass is 300 g/mol. The lowest BCUT2D eigenvalue weighted by Crippen LogP contribution is -2.35. The van der Waals surface area contributed by atoms with Gasteiger partial charge in [-0.25, -0.2) is 0 Å². The van der Waals surface area contributed by atoms with Crippen molar-refractivity contribution in [2.24, 2.45) is 5.92 Å². The van der Waals surface area contributed by atoms with Crippen LogP contribution < -0.4 is 0 Å². The van der Waals surface area contributed by atoms with Crippen LogP contribution in [0.15, 0.2) is 96.6 Å². The maximum atomic E-state index is 2.38. The van der Waals surface area contributed by atoms with Crippen molar-refractivity contribution in [3.8, 4) is 0 Å². The maximum Gasteiger partial charge on any atom is 0.0471 e. The van der Waals surface area contributed by atoms with E-state index in [4.69, 9.17) is 0 Å². The van der Waals surface area contributed by atoms with Crippen LogP contribution in [0.25, 0.3) is 0 Å². The second-order valence-electron chi connectivity index (χ2n) is 6.38. The summed E-state index contributed by atoms with van der Waals surface area (Å²) in [5.41, 5.74) is 3.98. The topological polar surface area (TPSA) is 0 Å². The summed E-state index contributed by atoms with van der Waals surface area (Å²) in [5.74, 6) is 0.446. The third-order valence-corrected chi connectivity index (χ3v) is 4.78. The molecule has 0 saturated heterocycles. The average Bonchev–Trinajstić information content (AvgIpc) is 2.87. The van der Waals surface area contributed by atoms with Gasteiger partial charge in [-0.05, 0) is 29.0 Å². The van der Waals surface area contributed by atoms with Gasteiger partial charge in [-0.3, -0.25) is 0 Å². The Hall–Kier alpha value is -2.34. The number of allylic oxidation sites excluding steroid dienone is 6. The number of hydrogen-bond donors (Lipinski definition) is 0. The molecule has 0 bridgehead atoms. The minimum atomic E-state index is -0.120. The highest BCUT2D eigenvalue weighted by Crippen LogP contribution is 2.46. The van der Waals surface area contributed by atoms with Crippen LogP contribution in [0.4, 0.5) is 0 Å². The summed E-state index contributed by atoms with van der Waals surface area (Å²) < 4.78 is 0. The molecule has 2 aromatic rings. The predicted molar refractivity (Wildman–Crippen MR) is 99.5 cm³/mol. The first-order valence-corrected chi connectivity index (χ1v) is 8.41. The lowest BCUT2D eigenvalue weighted by Gasteiger charge is -2.40. The summed E-state index contributed by atoms with van der Waals surface area (Å²) in [5, 5.41) is 0. The van der Waals surface area contributed by atoms with Crippen LogP contribution in [0.2, 0.25) is 0 Å². The van der Waals surface area contributed by atoms with Gasteiger partial charge in [-0.15, -0.1) is 0 Å². The summed E-state index contributed by atoms with van der Waals surface area (Å²) in [7, 11) is 0. The largest absolute Gasteiger partial charge is 0.0807 e. The second kappa shape index (κ2) is 6.83. The van der Waals surface area contributed by atoms with Crippen molar-refractivity contribution in [3.63, 3.8) is 0 Å². The Morgan fingerprint density at radius 1 is 0.783 bits per heavy atom. The van der Waals surface area contributed by atoms with Crippen LogP contribution in [0.3, 0.4) is 0 Å². The lowest BCUT2D eigenvalue weighted by molar-refractivity contribution is 0.436. The molecule has 0 atom stereocenters. The summed E-state index contributed by atoms with van der Waals surface area (Å²) in [6.45, 7) is 4.65. The van der Waals surface area contributed by atoms with Crippen molar-refractivity contribution in [2.45, 2.75) is 25.7 Å². The van der Waals surface area contributed by atoms with Gasteiger partial charge in [0.1, 0.15) is 0 Å². The number of rotatable bonds is 4. The van der Waals surface area contributed by atoms with Crippen molar-refractivity contribution in [3.05, 3.63) is 108 Å². The number of hydrogen-bond acceptors (Lipinski definition) is 0. The molecule has 0 N–H and O–H groups in total. The average molecular weight is 300 g/mol. The van der Waals surface area contributed by atoms with E-state index < -0.39 is 0 Å². The standard InChI is InChI=1S/C23H24/c1-19(2)23(21-15-9-5-10-16-21,22-17-11-6-12-18-22)20-13-7-3-4-8-14-20/h3-7,9-19H,8H2,1-2H3. The maximum absolute atomic E-state index is 2.38. The predicted octanol–water partition coefficient (Wildman–Crippen LogP) is 6.07. The molecule has 1 aliphatic rings. The molecule has 0 heteroatoms. The summed E-state index contributed by atoms with van der Waals surface area (Å²) in [6.07, 6.45) is 12.2. The van der Waals surface area contributed by atoms with Gasteiger partial charge in [0.15, 0.2) is 0 Å². The van der Waals surface area contributed by atoms with E-state index in [1.165, 1.54) is 16.7 Å². The van der Waals surface area contributed by atoms with Gasteiger partial charge < -0.3 is 0 Å². The Morgan fingerprint density at radius 3 is 1.87 bits per heavy atom. The molecule has 0 fully saturated rings. The van der Waals surface area contributed by atoms with Crippen LogP contribution in [0.5, 0.6) is 0 Å². The van der Waals surface area contributed by atoms with Crippen LogP contribution in [0, 0.1) is 5.92 Å². The summed E-state index contributed by atoms with van der Waals surface area (Å²) in [6, 6.07) is 21.8. The molecule has 0 heterocycles. The van der Waals surface area contributed by atoms with E-state index in [2.05, 4.69) is 105 Å². The van der Waals surface area contributed by atoms with Gasteiger partial charge >= 0.3 is 0 Å².